The summed E-state index contributed by atoms with van der Waals surface area (Å²) in [6.07, 6.45) is 2.68. The molecular weight excluding hydrogens is 232 g/mol. The summed E-state index contributed by atoms with van der Waals surface area (Å²) in [6, 6.07) is 0. The Bertz CT molecular complexity index is 395. The van der Waals surface area contributed by atoms with Gasteiger partial charge in [-0.25, -0.2) is 4.98 Å². The van der Waals surface area contributed by atoms with Gasteiger partial charge >= 0.3 is 0 Å². The third-order valence-corrected chi connectivity index (χ3v) is 4.26. The van der Waals surface area contributed by atoms with Crippen molar-refractivity contribution < 1.29 is 5.11 Å². The maximum absolute atomic E-state index is 9.94. The van der Waals surface area contributed by atoms with Crippen LogP contribution in [0.25, 0.3) is 0 Å². The van der Waals surface area contributed by atoms with E-state index in [0.29, 0.717) is 0 Å². The summed E-state index contributed by atoms with van der Waals surface area (Å²) in [7, 11) is 2.09. The minimum Gasteiger partial charge on any atom is -0.388 e. The van der Waals surface area contributed by atoms with Gasteiger partial charge in [-0.15, -0.1) is 0 Å². The lowest BCUT2D eigenvalue weighted by Gasteiger charge is -2.26. The molecule has 0 radical (unpaired) electrons. The van der Waals surface area contributed by atoms with Crippen molar-refractivity contribution in [2.75, 3.05) is 18.5 Å². The largest absolute Gasteiger partial charge is 0.388 e. The van der Waals surface area contributed by atoms with Gasteiger partial charge in [0, 0.05) is 13.6 Å². The molecule has 0 bridgehead atoms. The van der Waals surface area contributed by atoms with Crippen LogP contribution in [0.1, 0.15) is 50.3 Å². The van der Waals surface area contributed by atoms with Crippen molar-refractivity contribution in [1.29, 1.82) is 0 Å². The molecule has 1 aromatic rings. The van der Waals surface area contributed by atoms with E-state index in [1.165, 1.54) is 0 Å². The smallest absolute Gasteiger partial charge is 0.185 e. The molecular formula is C13H22N2OS. The number of anilines is 1. The van der Waals surface area contributed by atoms with Crippen molar-refractivity contribution >= 4 is 16.5 Å². The van der Waals surface area contributed by atoms with Gasteiger partial charge in [-0.2, -0.15) is 0 Å². The van der Waals surface area contributed by atoms with E-state index >= 15 is 0 Å². The summed E-state index contributed by atoms with van der Waals surface area (Å²) < 4.78 is 0. The standard InChI is InChI=1S/C13H22N2OS/c1-13(2,3)8-15(4)12-14-9-6-5-7-10(16)11(9)17-12/h10,16H,5-8H2,1-4H3. The first-order valence-electron chi connectivity index (χ1n) is 6.25. The Kier molecular flexibility index (Phi) is 3.46. The Labute approximate surface area is 107 Å². The zero-order chi connectivity index (χ0) is 12.6. The first kappa shape index (κ1) is 12.8. The molecule has 4 heteroatoms. The number of hydrogen-bond acceptors (Lipinski definition) is 4. The highest BCUT2D eigenvalue weighted by atomic mass is 32.1. The van der Waals surface area contributed by atoms with Gasteiger partial charge in [0.15, 0.2) is 5.13 Å². The number of fused-ring (bicyclic) bond motifs is 1. The van der Waals surface area contributed by atoms with Gasteiger partial charge in [-0.05, 0) is 24.7 Å². The molecule has 17 heavy (non-hydrogen) atoms. The summed E-state index contributed by atoms with van der Waals surface area (Å²) in [4.78, 5) is 7.96. The molecule has 3 nitrogen and oxygen atoms in total. The normalized spacial score (nSPS) is 20.2. The molecule has 0 fully saturated rings. The molecule has 2 rings (SSSR count). The molecule has 1 aliphatic carbocycles. The fourth-order valence-electron chi connectivity index (χ4n) is 2.33. The van der Waals surface area contributed by atoms with Crippen LogP contribution in [0, 0.1) is 5.41 Å². The third kappa shape index (κ3) is 2.99. The van der Waals surface area contributed by atoms with E-state index in [1.807, 2.05) is 0 Å². The van der Waals surface area contributed by atoms with Gasteiger partial charge in [-0.1, -0.05) is 32.1 Å². The Morgan fingerprint density at radius 2 is 2.18 bits per heavy atom. The zero-order valence-corrected chi connectivity index (χ0v) is 12.0. The van der Waals surface area contributed by atoms with Gasteiger partial charge in [0.2, 0.25) is 0 Å². The van der Waals surface area contributed by atoms with Gasteiger partial charge in [0.1, 0.15) is 0 Å². The van der Waals surface area contributed by atoms with Gasteiger partial charge in [0.25, 0.3) is 0 Å². The van der Waals surface area contributed by atoms with E-state index in [9.17, 15) is 5.11 Å². The lowest BCUT2D eigenvalue weighted by atomic mass is 9.96. The quantitative estimate of drug-likeness (QED) is 0.881. The predicted molar refractivity (Wildman–Crippen MR) is 72.7 cm³/mol. The van der Waals surface area contributed by atoms with E-state index in [2.05, 4.69) is 37.7 Å². The lowest BCUT2D eigenvalue weighted by Crippen LogP contribution is -2.28. The average molecular weight is 254 g/mol. The van der Waals surface area contributed by atoms with E-state index in [1.54, 1.807) is 11.3 Å². The average Bonchev–Trinajstić information content (AvgIpc) is 2.60. The number of thiazole rings is 1. The Morgan fingerprint density at radius 1 is 1.47 bits per heavy atom. The number of aliphatic hydroxyl groups excluding tert-OH is 1. The fourth-order valence-corrected chi connectivity index (χ4v) is 3.42. The second-order valence-electron chi connectivity index (χ2n) is 6.13. The number of aromatic nitrogens is 1. The van der Waals surface area contributed by atoms with Crippen molar-refractivity contribution in [3.05, 3.63) is 10.6 Å². The topological polar surface area (TPSA) is 36.4 Å². The van der Waals surface area contributed by atoms with Crippen LogP contribution in [0.3, 0.4) is 0 Å². The molecule has 1 aromatic heterocycles. The summed E-state index contributed by atoms with van der Waals surface area (Å²) >= 11 is 1.66. The molecule has 1 N–H and O–H groups in total. The van der Waals surface area contributed by atoms with E-state index in [0.717, 1.165) is 41.5 Å². The highest BCUT2D eigenvalue weighted by Gasteiger charge is 2.24. The van der Waals surface area contributed by atoms with Crippen LogP contribution >= 0.6 is 11.3 Å². The van der Waals surface area contributed by atoms with Crippen molar-refractivity contribution in [2.24, 2.45) is 5.41 Å². The molecule has 0 aliphatic heterocycles. The monoisotopic (exact) mass is 254 g/mol. The number of hydrogen-bond donors (Lipinski definition) is 1. The SMILES string of the molecule is CN(CC(C)(C)C)c1nc2c(s1)C(O)CCC2. The molecule has 1 atom stereocenters. The summed E-state index contributed by atoms with van der Waals surface area (Å²) in [6.45, 7) is 7.67. The Balaban J connectivity index is 2.17. The van der Waals surface area contributed by atoms with Crippen molar-refractivity contribution in [2.45, 2.75) is 46.1 Å². The maximum atomic E-state index is 9.94. The molecule has 1 unspecified atom stereocenters. The molecule has 0 amide bonds. The number of rotatable bonds is 2. The minimum absolute atomic E-state index is 0.263. The maximum Gasteiger partial charge on any atom is 0.185 e. The summed E-state index contributed by atoms with van der Waals surface area (Å²) in [5.41, 5.74) is 1.38. The lowest BCUT2D eigenvalue weighted by molar-refractivity contribution is 0.160. The summed E-state index contributed by atoms with van der Waals surface area (Å²) in [5.74, 6) is 0. The second-order valence-corrected chi connectivity index (χ2v) is 7.14. The Morgan fingerprint density at radius 3 is 2.76 bits per heavy atom. The summed E-state index contributed by atoms with van der Waals surface area (Å²) in [5, 5.41) is 11.0. The van der Waals surface area contributed by atoms with E-state index in [4.69, 9.17) is 0 Å². The van der Waals surface area contributed by atoms with Gasteiger partial charge in [-0.3, -0.25) is 0 Å². The minimum atomic E-state index is -0.284. The molecule has 0 aromatic carbocycles. The molecule has 0 saturated carbocycles. The van der Waals surface area contributed by atoms with Crippen molar-refractivity contribution in [3.63, 3.8) is 0 Å². The van der Waals surface area contributed by atoms with Crippen molar-refractivity contribution in [3.8, 4) is 0 Å². The van der Waals surface area contributed by atoms with Crippen LogP contribution in [0.5, 0.6) is 0 Å². The molecule has 0 spiro atoms. The van der Waals surface area contributed by atoms with Crippen LogP contribution in [0.4, 0.5) is 5.13 Å². The zero-order valence-electron chi connectivity index (χ0n) is 11.2. The second kappa shape index (κ2) is 4.58. The first-order valence-corrected chi connectivity index (χ1v) is 7.07. The predicted octanol–water partition coefficient (Wildman–Crippen LogP) is 3.00. The molecule has 1 aliphatic rings. The number of aliphatic hydroxyl groups is 1. The van der Waals surface area contributed by atoms with Crippen LogP contribution in [-0.4, -0.2) is 23.7 Å². The number of nitrogens with zero attached hydrogens (tertiary/aromatic N) is 2. The van der Waals surface area contributed by atoms with Crippen molar-refractivity contribution in [1.82, 2.24) is 4.98 Å². The van der Waals surface area contributed by atoms with Gasteiger partial charge in [0.05, 0.1) is 16.7 Å². The van der Waals surface area contributed by atoms with Crippen LogP contribution < -0.4 is 4.90 Å². The van der Waals surface area contributed by atoms with Crippen LogP contribution in [0.15, 0.2) is 0 Å². The first-order chi connectivity index (χ1) is 7.87. The van der Waals surface area contributed by atoms with Gasteiger partial charge < -0.3 is 10.0 Å². The highest BCUT2D eigenvalue weighted by molar-refractivity contribution is 7.15. The third-order valence-electron chi connectivity index (χ3n) is 2.95. The highest BCUT2D eigenvalue weighted by Crippen LogP contribution is 2.37. The van der Waals surface area contributed by atoms with Crippen LogP contribution in [-0.2, 0) is 6.42 Å². The van der Waals surface area contributed by atoms with Crippen LogP contribution in [0.2, 0.25) is 0 Å². The molecule has 0 saturated heterocycles. The Hall–Kier alpha value is -0.610. The molecule has 1 heterocycles. The fraction of sp³-hybridized carbons (Fsp3) is 0.769. The molecule has 96 valence electrons. The van der Waals surface area contributed by atoms with E-state index in [-0.39, 0.29) is 11.5 Å². The number of aryl methyl sites for hydroxylation is 1. The van der Waals surface area contributed by atoms with E-state index < -0.39 is 0 Å².